The van der Waals surface area contributed by atoms with Crippen LogP contribution in [0.3, 0.4) is 0 Å². The van der Waals surface area contributed by atoms with Gasteiger partial charge in [-0.1, -0.05) is 18.2 Å². The van der Waals surface area contributed by atoms with Gasteiger partial charge in [-0.3, -0.25) is 19.7 Å². The first-order chi connectivity index (χ1) is 13.4. The number of carbonyl (C=O) groups is 2. The Bertz CT molecular complexity index is 836. The van der Waals surface area contributed by atoms with Crippen molar-refractivity contribution in [3.05, 3.63) is 69.8 Å². The van der Waals surface area contributed by atoms with E-state index >= 15 is 0 Å². The molecule has 8 heteroatoms. The Morgan fingerprint density at radius 2 is 1.82 bits per heavy atom. The van der Waals surface area contributed by atoms with Crippen LogP contribution >= 0.6 is 0 Å². The Morgan fingerprint density at radius 3 is 2.46 bits per heavy atom. The molecule has 0 aliphatic rings. The SMILES string of the molecule is Cc1ccccc1OCCN(C)C(=O)CCNC(=O)c1ccc([N+](=O)[O-])cc1. The highest BCUT2D eigenvalue weighted by Gasteiger charge is 2.12. The number of hydrogen-bond donors (Lipinski definition) is 1. The first kappa shape index (κ1) is 20.9. The van der Waals surface area contributed by atoms with E-state index in [2.05, 4.69) is 5.32 Å². The average Bonchev–Trinajstić information content (AvgIpc) is 2.69. The van der Waals surface area contributed by atoms with Crippen molar-refractivity contribution in [3.8, 4) is 5.75 Å². The minimum atomic E-state index is -0.529. The van der Waals surface area contributed by atoms with E-state index in [-0.39, 0.29) is 30.5 Å². The summed E-state index contributed by atoms with van der Waals surface area (Å²) >= 11 is 0. The molecule has 0 radical (unpaired) electrons. The summed E-state index contributed by atoms with van der Waals surface area (Å²) in [6.45, 7) is 2.95. The lowest BCUT2D eigenvalue weighted by atomic mass is 10.2. The number of ether oxygens (including phenoxy) is 1. The van der Waals surface area contributed by atoms with E-state index in [9.17, 15) is 19.7 Å². The van der Waals surface area contributed by atoms with Gasteiger partial charge in [-0.25, -0.2) is 0 Å². The Morgan fingerprint density at radius 1 is 1.14 bits per heavy atom. The Kier molecular flexibility index (Phi) is 7.50. The fraction of sp³-hybridized carbons (Fsp3) is 0.300. The maximum atomic E-state index is 12.1. The average molecular weight is 385 g/mol. The van der Waals surface area contributed by atoms with Gasteiger partial charge in [0, 0.05) is 37.7 Å². The molecular weight excluding hydrogens is 362 g/mol. The van der Waals surface area contributed by atoms with Crippen LogP contribution in [0.25, 0.3) is 0 Å². The van der Waals surface area contributed by atoms with Crippen LogP contribution in [-0.2, 0) is 4.79 Å². The maximum Gasteiger partial charge on any atom is 0.269 e. The predicted octanol–water partition coefficient (Wildman–Crippen LogP) is 2.56. The summed E-state index contributed by atoms with van der Waals surface area (Å²) in [6, 6.07) is 13.0. The van der Waals surface area contributed by atoms with Gasteiger partial charge >= 0.3 is 0 Å². The monoisotopic (exact) mass is 385 g/mol. The maximum absolute atomic E-state index is 12.1. The molecule has 0 spiro atoms. The number of nitrogens with zero attached hydrogens (tertiary/aromatic N) is 2. The number of benzene rings is 2. The second-order valence-corrected chi connectivity index (χ2v) is 6.24. The summed E-state index contributed by atoms with van der Waals surface area (Å²) in [7, 11) is 1.68. The summed E-state index contributed by atoms with van der Waals surface area (Å²) in [6.07, 6.45) is 0.152. The molecule has 0 unspecified atom stereocenters. The lowest BCUT2D eigenvalue weighted by molar-refractivity contribution is -0.384. The number of amides is 2. The van der Waals surface area contributed by atoms with Gasteiger partial charge in [0.25, 0.3) is 11.6 Å². The second-order valence-electron chi connectivity index (χ2n) is 6.24. The number of nitro benzene ring substituents is 1. The zero-order chi connectivity index (χ0) is 20.5. The largest absolute Gasteiger partial charge is 0.491 e. The van der Waals surface area contributed by atoms with Gasteiger partial charge < -0.3 is 15.0 Å². The third-order valence-electron chi connectivity index (χ3n) is 4.17. The molecular formula is C20H23N3O5. The van der Waals surface area contributed by atoms with Crippen molar-refractivity contribution in [2.24, 2.45) is 0 Å². The van der Waals surface area contributed by atoms with Crippen LogP contribution in [0, 0.1) is 17.0 Å². The zero-order valence-corrected chi connectivity index (χ0v) is 15.9. The number of hydrogen-bond acceptors (Lipinski definition) is 5. The van der Waals surface area contributed by atoms with Gasteiger partial charge in [0.2, 0.25) is 5.91 Å². The number of rotatable bonds is 9. The van der Waals surface area contributed by atoms with Crippen LogP contribution in [0.1, 0.15) is 22.3 Å². The molecule has 0 saturated carbocycles. The standard InChI is InChI=1S/C20H23N3O5/c1-15-5-3-4-6-18(15)28-14-13-22(2)19(24)11-12-21-20(25)16-7-9-17(10-8-16)23(26)27/h3-10H,11-14H2,1-2H3,(H,21,25). The smallest absolute Gasteiger partial charge is 0.269 e. The molecule has 1 N–H and O–H groups in total. The van der Waals surface area contributed by atoms with Crippen molar-refractivity contribution in [1.82, 2.24) is 10.2 Å². The predicted molar refractivity (Wildman–Crippen MR) is 104 cm³/mol. The van der Waals surface area contributed by atoms with Gasteiger partial charge in [-0.15, -0.1) is 0 Å². The first-order valence-corrected chi connectivity index (χ1v) is 8.83. The van der Waals surface area contributed by atoms with E-state index in [1.165, 1.54) is 24.3 Å². The van der Waals surface area contributed by atoms with E-state index in [4.69, 9.17) is 4.74 Å². The van der Waals surface area contributed by atoms with Crippen molar-refractivity contribution in [2.45, 2.75) is 13.3 Å². The van der Waals surface area contributed by atoms with Crippen LogP contribution in [0.4, 0.5) is 5.69 Å². The summed E-state index contributed by atoms with van der Waals surface area (Å²) in [4.78, 5) is 35.8. The molecule has 8 nitrogen and oxygen atoms in total. The molecule has 0 atom stereocenters. The summed E-state index contributed by atoms with van der Waals surface area (Å²) < 4.78 is 5.67. The number of nitrogens with one attached hydrogen (secondary N) is 1. The topological polar surface area (TPSA) is 102 Å². The van der Waals surface area contributed by atoms with E-state index in [0.717, 1.165) is 11.3 Å². The van der Waals surface area contributed by atoms with Crippen molar-refractivity contribution in [2.75, 3.05) is 26.7 Å². The Labute approximate surface area is 163 Å². The molecule has 2 aromatic rings. The van der Waals surface area contributed by atoms with Gasteiger partial charge in [-0.05, 0) is 30.7 Å². The summed E-state index contributed by atoms with van der Waals surface area (Å²) in [5.41, 5.74) is 1.25. The molecule has 0 fully saturated rings. The van der Waals surface area contributed by atoms with Gasteiger partial charge in [-0.2, -0.15) is 0 Å². The van der Waals surface area contributed by atoms with E-state index < -0.39 is 4.92 Å². The van der Waals surface area contributed by atoms with Crippen LogP contribution in [-0.4, -0.2) is 48.4 Å². The fourth-order valence-electron chi connectivity index (χ4n) is 2.45. The van der Waals surface area contributed by atoms with E-state index in [1.54, 1.807) is 11.9 Å². The first-order valence-electron chi connectivity index (χ1n) is 8.83. The fourth-order valence-corrected chi connectivity index (χ4v) is 2.45. The van der Waals surface area contributed by atoms with Crippen molar-refractivity contribution >= 4 is 17.5 Å². The molecule has 28 heavy (non-hydrogen) atoms. The number of non-ortho nitro benzene ring substituents is 1. The molecule has 2 rings (SSSR count). The molecule has 0 aliphatic carbocycles. The molecule has 0 bridgehead atoms. The molecule has 2 aromatic carbocycles. The normalized spacial score (nSPS) is 10.2. The van der Waals surface area contributed by atoms with Crippen LogP contribution in [0.15, 0.2) is 48.5 Å². The molecule has 2 amide bonds. The lowest BCUT2D eigenvalue weighted by Gasteiger charge is -2.18. The second kappa shape index (κ2) is 10.1. The molecule has 148 valence electrons. The third kappa shape index (κ3) is 6.08. The van der Waals surface area contributed by atoms with Gasteiger partial charge in [0.1, 0.15) is 12.4 Å². The van der Waals surface area contributed by atoms with Crippen molar-refractivity contribution in [3.63, 3.8) is 0 Å². The quantitative estimate of drug-likeness (QED) is 0.528. The summed E-state index contributed by atoms with van der Waals surface area (Å²) in [5.74, 6) is 0.296. The van der Waals surface area contributed by atoms with Crippen LogP contribution < -0.4 is 10.1 Å². The van der Waals surface area contributed by atoms with Crippen LogP contribution in [0.5, 0.6) is 5.75 Å². The minimum Gasteiger partial charge on any atom is -0.491 e. The number of nitro groups is 1. The lowest BCUT2D eigenvalue weighted by Crippen LogP contribution is -2.34. The third-order valence-corrected chi connectivity index (χ3v) is 4.17. The Balaban J connectivity index is 1.70. The summed E-state index contributed by atoms with van der Waals surface area (Å²) in [5, 5.41) is 13.3. The molecule has 0 saturated heterocycles. The number of likely N-dealkylation sites (N-methyl/N-ethyl adjacent to an activating group) is 1. The van der Waals surface area contributed by atoms with E-state index in [1.807, 2.05) is 31.2 Å². The number of aryl methyl sites for hydroxylation is 1. The van der Waals surface area contributed by atoms with Crippen LogP contribution in [0.2, 0.25) is 0 Å². The van der Waals surface area contributed by atoms with Crippen molar-refractivity contribution < 1.29 is 19.2 Å². The molecule has 0 heterocycles. The highest BCUT2D eigenvalue weighted by atomic mass is 16.6. The zero-order valence-electron chi connectivity index (χ0n) is 15.9. The highest BCUT2D eigenvalue weighted by Crippen LogP contribution is 2.16. The van der Waals surface area contributed by atoms with Gasteiger partial charge in [0.05, 0.1) is 11.5 Å². The number of carbonyl (C=O) groups excluding carboxylic acids is 2. The van der Waals surface area contributed by atoms with E-state index in [0.29, 0.717) is 18.7 Å². The molecule has 0 aliphatic heterocycles. The minimum absolute atomic E-state index is 0.0822. The Hall–Kier alpha value is -3.42. The van der Waals surface area contributed by atoms with Crippen molar-refractivity contribution in [1.29, 1.82) is 0 Å². The number of para-hydroxylation sites is 1. The van der Waals surface area contributed by atoms with Gasteiger partial charge in [0.15, 0.2) is 0 Å². The highest BCUT2D eigenvalue weighted by molar-refractivity contribution is 5.94. The molecule has 0 aromatic heterocycles.